The minimum absolute atomic E-state index is 0.196. The first-order chi connectivity index (χ1) is 8.08. The van der Waals surface area contributed by atoms with Crippen LogP contribution in [0.25, 0.3) is 0 Å². The molecular weight excluding hydrogens is 389 g/mol. The molecule has 2 N–H and O–H groups in total. The van der Waals surface area contributed by atoms with Gasteiger partial charge in [0.25, 0.3) is 0 Å². The van der Waals surface area contributed by atoms with Crippen LogP contribution >= 0.6 is 38.5 Å². The molecule has 0 saturated heterocycles. The van der Waals surface area contributed by atoms with Crippen LogP contribution in [0, 0.1) is 15.4 Å². The Morgan fingerprint density at radius 1 is 1.41 bits per heavy atom. The van der Waals surface area contributed by atoms with Crippen molar-refractivity contribution in [2.24, 2.45) is 17.6 Å². The summed E-state index contributed by atoms with van der Waals surface area (Å²) in [5.41, 5.74) is 7.78. The summed E-state index contributed by atoms with van der Waals surface area (Å²) in [7, 11) is 0. The molecule has 1 saturated carbocycles. The van der Waals surface area contributed by atoms with E-state index < -0.39 is 0 Å². The number of hydrogen-bond acceptors (Lipinski definition) is 1. The second-order valence-corrected chi connectivity index (χ2v) is 7.30. The molecular formula is C14H19BrIN. The minimum atomic E-state index is 0.196. The molecule has 0 bridgehead atoms. The first-order valence-corrected chi connectivity index (χ1v) is 8.15. The zero-order chi connectivity index (χ0) is 12.4. The monoisotopic (exact) mass is 407 g/mol. The lowest BCUT2D eigenvalue weighted by Crippen LogP contribution is -2.26. The minimum Gasteiger partial charge on any atom is -0.324 e. The van der Waals surface area contributed by atoms with E-state index in [4.69, 9.17) is 5.73 Å². The van der Waals surface area contributed by atoms with Gasteiger partial charge in [0.2, 0.25) is 0 Å². The van der Waals surface area contributed by atoms with Crippen molar-refractivity contribution < 1.29 is 0 Å². The second-order valence-electron chi connectivity index (χ2n) is 5.22. The summed E-state index contributed by atoms with van der Waals surface area (Å²) in [6.45, 7) is 2.35. The molecule has 0 aromatic heterocycles. The van der Waals surface area contributed by atoms with Crippen LogP contribution in [0.1, 0.15) is 44.2 Å². The molecule has 0 spiro atoms. The molecule has 0 amide bonds. The van der Waals surface area contributed by atoms with Gasteiger partial charge in [0, 0.05) is 14.1 Å². The highest BCUT2D eigenvalue weighted by Gasteiger charge is 2.26. The third-order valence-corrected chi connectivity index (χ3v) is 5.28. The van der Waals surface area contributed by atoms with Gasteiger partial charge in [-0.1, -0.05) is 35.7 Å². The Labute approximate surface area is 126 Å². The van der Waals surface area contributed by atoms with E-state index in [1.807, 2.05) is 0 Å². The van der Waals surface area contributed by atoms with Gasteiger partial charge in [-0.05, 0) is 71.0 Å². The predicted molar refractivity (Wildman–Crippen MR) is 84.9 cm³/mol. The molecule has 1 aromatic rings. The fourth-order valence-corrected chi connectivity index (χ4v) is 3.91. The predicted octanol–water partition coefficient (Wildman–Crippen LogP) is 4.88. The number of benzene rings is 1. The molecule has 17 heavy (non-hydrogen) atoms. The van der Waals surface area contributed by atoms with Crippen LogP contribution in [0.15, 0.2) is 22.7 Å². The maximum atomic E-state index is 6.48. The van der Waals surface area contributed by atoms with E-state index in [-0.39, 0.29) is 6.04 Å². The SMILES string of the molecule is CC1CCCC(C(N)c2cc(Br)ccc2I)C1. The molecule has 1 fully saturated rings. The fraction of sp³-hybridized carbons (Fsp3) is 0.571. The van der Waals surface area contributed by atoms with Gasteiger partial charge in [0.15, 0.2) is 0 Å². The highest BCUT2D eigenvalue weighted by molar-refractivity contribution is 14.1. The molecule has 3 unspecified atom stereocenters. The lowest BCUT2D eigenvalue weighted by atomic mass is 9.77. The smallest absolute Gasteiger partial charge is 0.0334 e. The Morgan fingerprint density at radius 3 is 2.88 bits per heavy atom. The van der Waals surface area contributed by atoms with Crippen molar-refractivity contribution in [1.29, 1.82) is 0 Å². The van der Waals surface area contributed by atoms with Crippen molar-refractivity contribution in [3.05, 3.63) is 31.8 Å². The van der Waals surface area contributed by atoms with Crippen LogP contribution in [0.3, 0.4) is 0 Å². The average molecular weight is 408 g/mol. The van der Waals surface area contributed by atoms with Crippen LogP contribution in [0.2, 0.25) is 0 Å². The van der Waals surface area contributed by atoms with Gasteiger partial charge < -0.3 is 5.73 Å². The summed E-state index contributed by atoms with van der Waals surface area (Å²) in [6, 6.07) is 6.61. The van der Waals surface area contributed by atoms with Crippen molar-refractivity contribution in [1.82, 2.24) is 0 Å². The van der Waals surface area contributed by atoms with Gasteiger partial charge >= 0.3 is 0 Å². The topological polar surface area (TPSA) is 26.0 Å². The molecule has 0 heterocycles. The largest absolute Gasteiger partial charge is 0.324 e. The molecule has 0 radical (unpaired) electrons. The first kappa shape index (κ1) is 13.8. The van der Waals surface area contributed by atoms with Crippen molar-refractivity contribution in [2.75, 3.05) is 0 Å². The zero-order valence-corrected chi connectivity index (χ0v) is 13.9. The Morgan fingerprint density at radius 2 is 2.18 bits per heavy atom. The van der Waals surface area contributed by atoms with Crippen LogP contribution in [0.5, 0.6) is 0 Å². The highest BCUT2D eigenvalue weighted by atomic mass is 127. The molecule has 1 aliphatic carbocycles. The maximum Gasteiger partial charge on any atom is 0.0334 e. The summed E-state index contributed by atoms with van der Waals surface area (Å²) >= 11 is 5.93. The van der Waals surface area contributed by atoms with E-state index in [9.17, 15) is 0 Å². The Balaban J connectivity index is 2.18. The third-order valence-electron chi connectivity index (χ3n) is 3.80. The number of rotatable bonds is 2. The van der Waals surface area contributed by atoms with Gasteiger partial charge in [-0.2, -0.15) is 0 Å². The Kier molecular flexibility index (Phi) is 4.89. The van der Waals surface area contributed by atoms with Crippen molar-refractivity contribution in [3.8, 4) is 0 Å². The Bertz CT molecular complexity index is 394. The summed E-state index contributed by atoms with van der Waals surface area (Å²) in [5.74, 6) is 1.49. The molecule has 1 nitrogen and oxygen atoms in total. The first-order valence-electron chi connectivity index (χ1n) is 6.28. The van der Waals surface area contributed by atoms with E-state index in [0.29, 0.717) is 5.92 Å². The summed E-state index contributed by atoms with van der Waals surface area (Å²) in [6.07, 6.45) is 5.28. The van der Waals surface area contributed by atoms with Gasteiger partial charge in [-0.15, -0.1) is 0 Å². The second kappa shape index (κ2) is 6.02. The average Bonchev–Trinajstić information content (AvgIpc) is 2.31. The van der Waals surface area contributed by atoms with Crippen LogP contribution in [-0.2, 0) is 0 Å². The van der Waals surface area contributed by atoms with Crippen molar-refractivity contribution >= 4 is 38.5 Å². The third kappa shape index (κ3) is 3.44. The maximum absolute atomic E-state index is 6.48. The van der Waals surface area contributed by atoms with Crippen molar-refractivity contribution in [3.63, 3.8) is 0 Å². The summed E-state index contributed by atoms with van der Waals surface area (Å²) in [4.78, 5) is 0. The van der Waals surface area contributed by atoms with E-state index in [1.54, 1.807) is 0 Å². The number of nitrogens with two attached hydrogens (primary N) is 1. The van der Waals surface area contributed by atoms with E-state index in [1.165, 1.54) is 34.8 Å². The molecule has 1 aromatic carbocycles. The van der Waals surface area contributed by atoms with Gasteiger partial charge in [-0.3, -0.25) is 0 Å². The standard InChI is InChI=1S/C14H19BrIN/c1-9-3-2-4-10(7-9)14(17)12-8-11(15)5-6-13(12)16/h5-6,8-10,14H,2-4,7,17H2,1H3. The lowest BCUT2D eigenvalue weighted by molar-refractivity contribution is 0.247. The van der Waals surface area contributed by atoms with Crippen LogP contribution < -0.4 is 5.73 Å². The fourth-order valence-electron chi connectivity index (χ4n) is 2.83. The Hall–Kier alpha value is 0.390. The zero-order valence-electron chi connectivity index (χ0n) is 10.1. The highest BCUT2D eigenvalue weighted by Crippen LogP contribution is 2.37. The van der Waals surface area contributed by atoms with Crippen molar-refractivity contribution in [2.45, 2.75) is 38.6 Å². The lowest BCUT2D eigenvalue weighted by Gasteiger charge is -2.32. The van der Waals surface area contributed by atoms with E-state index in [0.717, 1.165) is 10.4 Å². The molecule has 1 aliphatic rings. The van der Waals surface area contributed by atoms with Crippen LogP contribution in [0.4, 0.5) is 0 Å². The quantitative estimate of drug-likeness (QED) is 0.694. The van der Waals surface area contributed by atoms with Crippen LogP contribution in [-0.4, -0.2) is 0 Å². The molecule has 0 aliphatic heterocycles. The van der Waals surface area contributed by atoms with Gasteiger partial charge in [0.1, 0.15) is 0 Å². The number of halogens is 2. The molecule has 2 rings (SSSR count). The molecule has 3 heteroatoms. The summed E-state index contributed by atoms with van der Waals surface area (Å²) < 4.78 is 2.42. The van der Waals surface area contributed by atoms with Gasteiger partial charge in [-0.25, -0.2) is 0 Å². The van der Waals surface area contributed by atoms with E-state index in [2.05, 4.69) is 63.6 Å². The molecule has 94 valence electrons. The summed E-state index contributed by atoms with van der Waals surface area (Å²) in [5, 5.41) is 0. The van der Waals surface area contributed by atoms with Gasteiger partial charge in [0.05, 0.1) is 0 Å². The molecule has 3 atom stereocenters. The normalized spacial score (nSPS) is 26.8. The number of hydrogen-bond donors (Lipinski definition) is 1. The van der Waals surface area contributed by atoms with E-state index >= 15 is 0 Å².